The van der Waals surface area contributed by atoms with Crippen LogP contribution in [0.5, 0.6) is 0 Å². The molecule has 0 aliphatic carbocycles. The van der Waals surface area contributed by atoms with Crippen molar-refractivity contribution in [3.8, 4) is 5.69 Å². The fourth-order valence-electron chi connectivity index (χ4n) is 2.15. The third kappa shape index (κ3) is 3.51. The van der Waals surface area contributed by atoms with Crippen molar-refractivity contribution in [2.75, 3.05) is 13.6 Å². The number of carbonyl (C=O) groups excluding carboxylic acids is 1. The number of likely N-dealkylation sites (N-methyl/N-ethyl adjacent to an activating group) is 1. The summed E-state index contributed by atoms with van der Waals surface area (Å²) in [4.78, 5) is 12.3. The Morgan fingerprint density at radius 1 is 1.36 bits per heavy atom. The predicted molar refractivity (Wildman–Crippen MR) is 83.8 cm³/mol. The molecule has 1 heterocycles. The molecule has 5 nitrogen and oxygen atoms in total. The van der Waals surface area contributed by atoms with E-state index in [4.69, 9.17) is 0 Å². The summed E-state index contributed by atoms with van der Waals surface area (Å²) in [6.45, 7) is 4.49. The van der Waals surface area contributed by atoms with Gasteiger partial charge in [0.25, 0.3) is 5.91 Å². The van der Waals surface area contributed by atoms with Gasteiger partial charge in [-0.3, -0.25) is 4.79 Å². The molecule has 0 radical (unpaired) electrons. The van der Waals surface area contributed by atoms with Crippen LogP contribution < -0.4 is 10.6 Å². The standard InChI is InChI=1S/C16H21FN4O/c1-4-15-14(16(22)19-9-11(2)18-3)10-20-21(15)13-7-5-12(17)6-8-13/h5-8,10-11,18H,4,9H2,1-3H3,(H,19,22). The second-order valence-electron chi connectivity index (χ2n) is 5.15. The molecule has 0 bridgehead atoms. The van der Waals surface area contributed by atoms with Crippen molar-refractivity contribution in [2.45, 2.75) is 26.3 Å². The minimum atomic E-state index is -0.298. The van der Waals surface area contributed by atoms with E-state index < -0.39 is 0 Å². The van der Waals surface area contributed by atoms with Crippen molar-refractivity contribution in [1.29, 1.82) is 0 Å². The van der Waals surface area contributed by atoms with Gasteiger partial charge in [-0.05, 0) is 44.7 Å². The van der Waals surface area contributed by atoms with Crippen LogP contribution in [-0.2, 0) is 6.42 Å². The van der Waals surface area contributed by atoms with Crippen LogP contribution in [0.1, 0.15) is 29.9 Å². The summed E-state index contributed by atoms with van der Waals surface area (Å²) in [7, 11) is 1.85. The zero-order chi connectivity index (χ0) is 16.1. The highest BCUT2D eigenvalue weighted by Crippen LogP contribution is 2.16. The summed E-state index contributed by atoms with van der Waals surface area (Å²) < 4.78 is 14.7. The molecule has 2 rings (SSSR count). The van der Waals surface area contributed by atoms with Gasteiger partial charge in [0.15, 0.2) is 0 Å². The molecule has 1 aromatic carbocycles. The van der Waals surface area contributed by atoms with Gasteiger partial charge in [0.1, 0.15) is 5.82 Å². The lowest BCUT2D eigenvalue weighted by Gasteiger charge is -2.12. The molecule has 0 aliphatic rings. The number of nitrogens with one attached hydrogen (secondary N) is 2. The zero-order valence-corrected chi connectivity index (χ0v) is 13.1. The molecule has 2 N–H and O–H groups in total. The Morgan fingerprint density at radius 3 is 2.64 bits per heavy atom. The minimum absolute atomic E-state index is 0.146. The molecule has 6 heteroatoms. The maximum Gasteiger partial charge on any atom is 0.254 e. The van der Waals surface area contributed by atoms with E-state index in [1.54, 1.807) is 23.0 Å². The Bertz CT molecular complexity index is 636. The Morgan fingerprint density at radius 2 is 2.05 bits per heavy atom. The summed E-state index contributed by atoms with van der Waals surface area (Å²) in [5.74, 6) is -0.444. The van der Waals surface area contributed by atoms with E-state index in [-0.39, 0.29) is 17.8 Å². The van der Waals surface area contributed by atoms with Gasteiger partial charge >= 0.3 is 0 Å². The first kappa shape index (κ1) is 16.2. The van der Waals surface area contributed by atoms with E-state index in [2.05, 4.69) is 15.7 Å². The number of nitrogens with zero attached hydrogens (tertiary/aromatic N) is 2. The average molecular weight is 304 g/mol. The Labute approximate surface area is 129 Å². The lowest BCUT2D eigenvalue weighted by Crippen LogP contribution is -2.37. The molecule has 1 aromatic heterocycles. The molecule has 0 saturated heterocycles. The summed E-state index contributed by atoms with van der Waals surface area (Å²) in [5, 5.41) is 10.2. The molecular weight excluding hydrogens is 283 g/mol. The lowest BCUT2D eigenvalue weighted by atomic mass is 10.2. The van der Waals surface area contributed by atoms with E-state index in [1.807, 2.05) is 20.9 Å². The molecule has 0 fully saturated rings. The first-order valence-corrected chi connectivity index (χ1v) is 7.35. The average Bonchev–Trinajstić information content (AvgIpc) is 2.96. The van der Waals surface area contributed by atoms with Crippen molar-refractivity contribution in [1.82, 2.24) is 20.4 Å². The minimum Gasteiger partial charge on any atom is -0.350 e. The Balaban J connectivity index is 2.23. The maximum absolute atomic E-state index is 13.0. The number of hydrogen-bond acceptors (Lipinski definition) is 3. The third-order valence-electron chi connectivity index (χ3n) is 3.58. The van der Waals surface area contributed by atoms with E-state index in [1.165, 1.54) is 12.1 Å². The molecule has 1 unspecified atom stereocenters. The van der Waals surface area contributed by atoms with E-state index in [0.29, 0.717) is 18.5 Å². The predicted octanol–water partition coefficient (Wildman–Crippen LogP) is 1.91. The SMILES string of the molecule is CCc1c(C(=O)NCC(C)NC)cnn1-c1ccc(F)cc1. The van der Waals surface area contributed by atoms with Crippen LogP contribution >= 0.6 is 0 Å². The van der Waals surface area contributed by atoms with Gasteiger partial charge in [-0.25, -0.2) is 9.07 Å². The topological polar surface area (TPSA) is 59.0 Å². The number of benzene rings is 1. The molecular formula is C16H21FN4O. The summed E-state index contributed by atoms with van der Waals surface area (Å²) in [5.41, 5.74) is 2.09. The smallest absolute Gasteiger partial charge is 0.254 e. The number of halogens is 1. The van der Waals surface area contributed by atoms with Gasteiger partial charge in [0.2, 0.25) is 0 Å². The molecule has 118 valence electrons. The van der Waals surface area contributed by atoms with Crippen molar-refractivity contribution < 1.29 is 9.18 Å². The lowest BCUT2D eigenvalue weighted by molar-refractivity contribution is 0.0949. The fourth-order valence-corrected chi connectivity index (χ4v) is 2.15. The van der Waals surface area contributed by atoms with E-state index in [9.17, 15) is 9.18 Å². The quantitative estimate of drug-likeness (QED) is 0.857. The van der Waals surface area contributed by atoms with Crippen molar-refractivity contribution in [2.24, 2.45) is 0 Å². The highest BCUT2D eigenvalue weighted by molar-refractivity contribution is 5.95. The number of amides is 1. The van der Waals surface area contributed by atoms with Crippen molar-refractivity contribution in [3.63, 3.8) is 0 Å². The largest absolute Gasteiger partial charge is 0.350 e. The molecule has 0 spiro atoms. The second-order valence-corrected chi connectivity index (χ2v) is 5.15. The monoisotopic (exact) mass is 304 g/mol. The number of hydrogen-bond donors (Lipinski definition) is 2. The Kier molecular flexibility index (Phi) is 5.27. The first-order valence-electron chi connectivity index (χ1n) is 7.35. The van der Waals surface area contributed by atoms with E-state index in [0.717, 1.165) is 11.4 Å². The molecule has 1 atom stereocenters. The van der Waals surface area contributed by atoms with E-state index >= 15 is 0 Å². The first-order chi connectivity index (χ1) is 10.6. The van der Waals surface area contributed by atoms with Gasteiger partial charge in [-0.1, -0.05) is 6.92 Å². The second kappa shape index (κ2) is 7.17. The highest BCUT2D eigenvalue weighted by atomic mass is 19.1. The normalized spacial score (nSPS) is 12.2. The van der Waals surface area contributed by atoms with Gasteiger partial charge in [-0.15, -0.1) is 0 Å². The van der Waals surface area contributed by atoms with Crippen molar-refractivity contribution in [3.05, 3.63) is 47.5 Å². The zero-order valence-electron chi connectivity index (χ0n) is 13.1. The van der Waals surface area contributed by atoms with Crippen LogP contribution in [-0.4, -0.2) is 35.3 Å². The van der Waals surface area contributed by atoms with Gasteiger partial charge in [0.05, 0.1) is 23.1 Å². The van der Waals surface area contributed by atoms with Gasteiger partial charge in [-0.2, -0.15) is 5.10 Å². The van der Waals surface area contributed by atoms with Crippen LogP contribution in [0.3, 0.4) is 0 Å². The Hall–Kier alpha value is -2.21. The molecule has 2 aromatic rings. The fraction of sp³-hybridized carbons (Fsp3) is 0.375. The number of carbonyl (C=O) groups is 1. The van der Waals surface area contributed by atoms with Crippen LogP contribution in [0.15, 0.2) is 30.5 Å². The summed E-state index contributed by atoms with van der Waals surface area (Å²) in [6, 6.07) is 6.25. The highest BCUT2D eigenvalue weighted by Gasteiger charge is 2.17. The number of rotatable bonds is 6. The van der Waals surface area contributed by atoms with Gasteiger partial charge in [0, 0.05) is 12.6 Å². The molecule has 1 amide bonds. The van der Waals surface area contributed by atoms with Crippen LogP contribution in [0.4, 0.5) is 4.39 Å². The molecule has 0 aliphatic heterocycles. The van der Waals surface area contributed by atoms with Crippen molar-refractivity contribution >= 4 is 5.91 Å². The van der Waals surface area contributed by atoms with Crippen LogP contribution in [0.25, 0.3) is 5.69 Å². The maximum atomic E-state index is 13.0. The molecule has 22 heavy (non-hydrogen) atoms. The summed E-state index contributed by atoms with van der Waals surface area (Å²) in [6.07, 6.45) is 2.21. The third-order valence-corrected chi connectivity index (χ3v) is 3.58. The van der Waals surface area contributed by atoms with Crippen LogP contribution in [0, 0.1) is 5.82 Å². The van der Waals surface area contributed by atoms with Crippen LogP contribution in [0.2, 0.25) is 0 Å². The molecule has 0 saturated carbocycles. The van der Waals surface area contributed by atoms with Gasteiger partial charge < -0.3 is 10.6 Å². The summed E-state index contributed by atoms with van der Waals surface area (Å²) >= 11 is 0. The number of aromatic nitrogens is 2.